The Bertz CT molecular complexity index is 1280. The summed E-state index contributed by atoms with van der Waals surface area (Å²) in [5, 5.41) is 3.11. The number of hydrogen-bond acceptors (Lipinski definition) is 5. The van der Waals surface area contributed by atoms with Crippen molar-refractivity contribution in [2.45, 2.75) is 6.54 Å². The minimum Gasteiger partial charge on any atom is -0.483 e. The highest BCUT2D eigenvalue weighted by Gasteiger charge is 2.35. The van der Waals surface area contributed by atoms with Gasteiger partial charge in [0, 0.05) is 11.3 Å². The summed E-state index contributed by atoms with van der Waals surface area (Å²) in [6.45, 7) is -0.130. The lowest BCUT2D eigenvalue weighted by Crippen LogP contribution is -2.27. The zero-order chi connectivity index (χ0) is 24.1. The Morgan fingerprint density at radius 1 is 0.971 bits per heavy atom. The van der Waals surface area contributed by atoms with Gasteiger partial charge in [-0.05, 0) is 53.7 Å². The molecule has 1 heterocycles. The quantitative estimate of drug-likeness (QED) is 0.378. The van der Waals surface area contributed by atoms with Crippen molar-refractivity contribution < 1.29 is 19.1 Å². The second kappa shape index (κ2) is 10.8. The number of para-hydroxylation sites is 2. The lowest BCUT2D eigenvalue weighted by atomic mass is 10.1. The van der Waals surface area contributed by atoms with Gasteiger partial charge in [-0.2, -0.15) is 0 Å². The first-order valence-electron chi connectivity index (χ1n) is 10.2. The van der Waals surface area contributed by atoms with Gasteiger partial charge in [-0.15, -0.1) is 0 Å². The highest BCUT2D eigenvalue weighted by molar-refractivity contribution is 8.18. The number of nitrogens with zero attached hydrogens (tertiary/aromatic N) is 1. The Labute approximate surface area is 210 Å². The molecule has 4 rings (SSSR count). The molecule has 0 spiro atoms. The van der Waals surface area contributed by atoms with E-state index in [1.807, 2.05) is 18.2 Å². The number of hydrogen-bond donors (Lipinski definition) is 1. The van der Waals surface area contributed by atoms with Crippen molar-refractivity contribution in [2.24, 2.45) is 0 Å². The van der Waals surface area contributed by atoms with E-state index in [0.717, 1.165) is 16.7 Å². The lowest BCUT2D eigenvalue weighted by Gasteiger charge is -2.13. The van der Waals surface area contributed by atoms with E-state index in [2.05, 4.69) is 5.32 Å². The Morgan fingerprint density at radius 2 is 1.71 bits per heavy atom. The number of rotatable bonds is 7. The Morgan fingerprint density at radius 3 is 2.47 bits per heavy atom. The SMILES string of the molecule is O=C(COc1ccccc1/C=C1/SC(=O)N(Cc2ccc(Cl)c(Cl)c2)C1=O)Nc1ccccc1. The molecule has 3 aromatic carbocycles. The fourth-order valence-corrected chi connectivity index (χ4v) is 4.34. The minimum absolute atomic E-state index is 0.0801. The summed E-state index contributed by atoms with van der Waals surface area (Å²) in [4.78, 5) is 39.0. The topological polar surface area (TPSA) is 75.7 Å². The van der Waals surface area contributed by atoms with Crippen LogP contribution in [0.3, 0.4) is 0 Å². The fraction of sp³-hybridized carbons (Fsp3) is 0.0800. The fourth-order valence-electron chi connectivity index (χ4n) is 3.19. The van der Waals surface area contributed by atoms with Crippen molar-refractivity contribution >= 4 is 63.8 Å². The molecule has 0 atom stereocenters. The van der Waals surface area contributed by atoms with Crippen molar-refractivity contribution in [3.05, 3.63) is 98.9 Å². The van der Waals surface area contributed by atoms with E-state index in [1.54, 1.807) is 60.7 Å². The predicted octanol–water partition coefficient (Wildman–Crippen LogP) is 6.25. The number of benzene rings is 3. The number of ether oxygens (including phenoxy) is 1. The van der Waals surface area contributed by atoms with E-state index >= 15 is 0 Å². The van der Waals surface area contributed by atoms with Crippen LogP contribution in [-0.4, -0.2) is 28.6 Å². The molecule has 0 saturated carbocycles. The molecule has 0 aliphatic carbocycles. The van der Waals surface area contributed by atoms with Gasteiger partial charge < -0.3 is 10.1 Å². The largest absolute Gasteiger partial charge is 0.483 e. The van der Waals surface area contributed by atoms with Crippen LogP contribution in [0.2, 0.25) is 10.0 Å². The molecule has 9 heteroatoms. The number of nitrogens with one attached hydrogen (secondary N) is 1. The summed E-state index contributed by atoms with van der Waals surface area (Å²) >= 11 is 12.8. The van der Waals surface area contributed by atoms with Gasteiger partial charge in [0.2, 0.25) is 0 Å². The summed E-state index contributed by atoms with van der Waals surface area (Å²) in [5.74, 6) is -0.317. The summed E-state index contributed by atoms with van der Waals surface area (Å²) in [6.07, 6.45) is 1.59. The van der Waals surface area contributed by atoms with Gasteiger partial charge >= 0.3 is 0 Å². The molecular formula is C25H18Cl2N2O4S. The van der Waals surface area contributed by atoms with E-state index in [4.69, 9.17) is 27.9 Å². The Kier molecular flexibility index (Phi) is 7.57. The van der Waals surface area contributed by atoms with Gasteiger partial charge in [0.25, 0.3) is 17.1 Å². The summed E-state index contributed by atoms with van der Waals surface area (Å²) < 4.78 is 5.69. The number of thioether (sulfide) groups is 1. The summed E-state index contributed by atoms with van der Waals surface area (Å²) in [7, 11) is 0. The molecule has 0 radical (unpaired) electrons. The highest BCUT2D eigenvalue weighted by atomic mass is 35.5. The maximum absolute atomic E-state index is 12.9. The number of carbonyl (C=O) groups is 3. The Balaban J connectivity index is 1.45. The average molecular weight is 513 g/mol. The van der Waals surface area contributed by atoms with E-state index in [0.29, 0.717) is 32.6 Å². The van der Waals surface area contributed by atoms with Gasteiger partial charge in [-0.25, -0.2) is 0 Å². The molecule has 172 valence electrons. The monoisotopic (exact) mass is 512 g/mol. The van der Waals surface area contributed by atoms with Crippen molar-refractivity contribution in [3.8, 4) is 5.75 Å². The predicted molar refractivity (Wildman–Crippen MR) is 135 cm³/mol. The van der Waals surface area contributed by atoms with E-state index in [9.17, 15) is 14.4 Å². The van der Waals surface area contributed by atoms with Crippen molar-refractivity contribution in [1.82, 2.24) is 4.90 Å². The molecule has 3 amide bonds. The molecule has 1 N–H and O–H groups in total. The number of amides is 3. The minimum atomic E-state index is -0.419. The van der Waals surface area contributed by atoms with Gasteiger partial charge in [0.15, 0.2) is 6.61 Å². The first-order valence-corrected chi connectivity index (χ1v) is 11.7. The van der Waals surface area contributed by atoms with Crippen LogP contribution >= 0.6 is 35.0 Å². The summed E-state index contributed by atoms with van der Waals surface area (Å²) in [6, 6.07) is 21.0. The zero-order valence-electron chi connectivity index (χ0n) is 17.7. The van der Waals surface area contributed by atoms with Crippen LogP contribution < -0.4 is 10.1 Å². The zero-order valence-corrected chi connectivity index (χ0v) is 20.0. The number of halogens is 2. The molecule has 1 fully saturated rings. The third kappa shape index (κ3) is 5.80. The second-order valence-corrected chi connectivity index (χ2v) is 9.06. The van der Waals surface area contributed by atoms with Crippen LogP contribution in [0.5, 0.6) is 5.75 Å². The highest BCUT2D eigenvalue weighted by Crippen LogP contribution is 2.35. The number of carbonyl (C=O) groups excluding carboxylic acids is 3. The standard InChI is InChI=1S/C25H18Cl2N2O4S/c26-19-11-10-16(12-20(19)27)14-29-24(31)22(34-25(29)32)13-17-6-4-5-9-21(17)33-15-23(30)28-18-7-2-1-3-8-18/h1-13H,14-15H2,(H,28,30)/b22-13+. The van der Waals surface area contributed by atoms with Crippen LogP contribution in [0.4, 0.5) is 10.5 Å². The molecule has 6 nitrogen and oxygen atoms in total. The van der Waals surface area contributed by atoms with Crippen LogP contribution in [0, 0.1) is 0 Å². The summed E-state index contributed by atoms with van der Waals surface area (Å²) in [5.41, 5.74) is 1.93. The third-order valence-electron chi connectivity index (χ3n) is 4.82. The molecule has 0 unspecified atom stereocenters. The van der Waals surface area contributed by atoms with Gasteiger partial charge in [-0.1, -0.05) is 65.7 Å². The van der Waals surface area contributed by atoms with Crippen LogP contribution in [0.15, 0.2) is 77.7 Å². The van der Waals surface area contributed by atoms with Gasteiger partial charge in [0.05, 0.1) is 21.5 Å². The molecular weight excluding hydrogens is 495 g/mol. The van der Waals surface area contributed by atoms with Crippen LogP contribution in [-0.2, 0) is 16.1 Å². The maximum atomic E-state index is 12.9. The molecule has 1 aliphatic rings. The lowest BCUT2D eigenvalue weighted by molar-refractivity contribution is -0.123. The second-order valence-electron chi connectivity index (χ2n) is 7.26. The maximum Gasteiger partial charge on any atom is 0.293 e. The van der Waals surface area contributed by atoms with E-state index in [1.165, 1.54) is 0 Å². The van der Waals surface area contributed by atoms with Crippen molar-refractivity contribution in [1.29, 1.82) is 0 Å². The van der Waals surface area contributed by atoms with Gasteiger partial charge in [-0.3, -0.25) is 19.3 Å². The van der Waals surface area contributed by atoms with Crippen molar-refractivity contribution in [3.63, 3.8) is 0 Å². The van der Waals surface area contributed by atoms with Crippen LogP contribution in [0.1, 0.15) is 11.1 Å². The van der Waals surface area contributed by atoms with E-state index in [-0.39, 0.29) is 29.2 Å². The normalized spacial score (nSPS) is 14.5. The molecule has 0 aromatic heterocycles. The molecule has 34 heavy (non-hydrogen) atoms. The third-order valence-corrected chi connectivity index (χ3v) is 6.47. The van der Waals surface area contributed by atoms with E-state index < -0.39 is 5.91 Å². The number of anilines is 1. The first-order chi connectivity index (χ1) is 16.4. The molecule has 1 saturated heterocycles. The number of imide groups is 1. The molecule has 1 aliphatic heterocycles. The Hall–Kier alpha value is -3.26. The van der Waals surface area contributed by atoms with Gasteiger partial charge in [0.1, 0.15) is 5.75 Å². The average Bonchev–Trinajstić information content (AvgIpc) is 3.09. The van der Waals surface area contributed by atoms with Crippen LogP contribution in [0.25, 0.3) is 6.08 Å². The molecule has 0 bridgehead atoms. The molecule has 3 aromatic rings. The smallest absolute Gasteiger partial charge is 0.293 e. The first kappa shape index (κ1) is 23.9. The van der Waals surface area contributed by atoms with Crippen molar-refractivity contribution in [2.75, 3.05) is 11.9 Å².